The van der Waals surface area contributed by atoms with Gasteiger partial charge in [-0.05, 0) is 17.5 Å². The van der Waals surface area contributed by atoms with Gasteiger partial charge in [-0.2, -0.15) is 0 Å². The third-order valence-corrected chi connectivity index (χ3v) is 5.68. The van der Waals surface area contributed by atoms with Crippen molar-refractivity contribution in [3.8, 4) is 9.75 Å². The van der Waals surface area contributed by atoms with Gasteiger partial charge in [-0.25, -0.2) is 4.79 Å². The van der Waals surface area contributed by atoms with Gasteiger partial charge < -0.3 is 20.0 Å². The van der Waals surface area contributed by atoms with Crippen LogP contribution in [0.5, 0.6) is 0 Å². The molecule has 0 aliphatic rings. The maximum atomic E-state index is 11.9. The number of anilines is 1. The van der Waals surface area contributed by atoms with Crippen molar-refractivity contribution in [3.63, 3.8) is 0 Å². The first kappa shape index (κ1) is 17.5. The molecule has 0 aliphatic carbocycles. The van der Waals surface area contributed by atoms with E-state index in [-0.39, 0.29) is 11.5 Å². The number of hydrogen-bond donors (Lipinski definition) is 1. The number of rotatable bonds is 7. The van der Waals surface area contributed by atoms with Crippen molar-refractivity contribution in [2.24, 2.45) is 0 Å². The van der Waals surface area contributed by atoms with Gasteiger partial charge in [0.05, 0.1) is 24.5 Å². The molecule has 0 radical (unpaired) electrons. The van der Waals surface area contributed by atoms with E-state index >= 15 is 0 Å². The van der Waals surface area contributed by atoms with E-state index in [1.54, 1.807) is 6.07 Å². The summed E-state index contributed by atoms with van der Waals surface area (Å²) in [5.41, 5.74) is 0.365. The van der Waals surface area contributed by atoms with E-state index in [4.69, 9.17) is 4.74 Å². The molecule has 0 bridgehead atoms. The largest absolute Gasteiger partial charge is 0.549 e. The van der Waals surface area contributed by atoms with E-state index < -0.39 is 17.8 Å². The van der Waals surface area contributed by atoms with Crippen molar-refractivity contribution >= 4 is 58.0 Å². The Morgan fingerprint density at radius 3 is 2.70 bits per heavy atom. The summed E-state index contributed by atoms with van der Waals surface area (Å²) in [6.45, 7) is 0. The highest BCUT2D eigenvalue weighted by atomic mass is 32.2. The molecule has 2 rings (SSSR count). The van der Waals surface area contributed by atoms with E-state index in [9.17, 15) is 19.5 Å². The zero-order chi connectivity index (χ0) is 16.8. The molecule has 2 aromatic rings. The molecule has 0 unspecified atom stereocenters. The molecule has 122 valence electrons. The molecule has 9 heteroatoms. The number of ether oxygens (including phenoxy) is 1. The average Bonchev–Trinajstić information content (AvgIpc) is 3.15. The maximum absolute atomic E-state index is 11.9. The molecule has 0 spiro atoms. The summed E-state index contributed by atoms with van der Waals surface area (Å²) in [4.78, 5) is 36.2. The van der Waals surface area contributed by atoms with E-state index in [0.29, 0.717) is 10.6 Å². The minimum atomic E-state index is -1.23. The second-order valence-electron chi connectivity index (χ2n) is 4.24. The first-order valence-corrected chi connectivity index (χ1v) is 9.19. The molecule has 2 heterocycles. The molecule has 0 fully saturated rings. The Morgan fingerprint density at radius 1 is 1.30 bits per heavy atom. The lowest BCUT2D eigenvalue weighted by molar-refractivity contribution is -0.301. The average molecular weight is 370 g/mol. The van der Waals surface area contributed by atoms with Crippen molar-refractivity contribution in [2.75, 3.05) is 23.9 Å². The Kier molecular flexibility index (Phi) is 6.20. The molecule has 1 N–H and O–H groups in total. The monoisotopic (exact) mass is 370 g/mol. The van der Waals surface area contributed by atoms with Crippen molar-refractivity contribution < 1.29 is 24.2 Å². The van der Waals surface area contributed by atoms with Crippen LogP contribution in [0.25, 0.3) is 9.75 Å². The van der Waals surface area contributed by atoms with Gasteiger partial charge in [0.2, 0.25) is 5.91 Å². The molecule has 0 saturated carbocycles. The molecular formula is C14H12NO5S3-. The lowest BCUT2D eigenvalue weighted by Gasteiger charge is -2.05. The van der Waals surface area contributed by atoms with Gasteiger partial charge in [0.25, 0.3) is 0 Å². The van der Waals surface area contributed by atoms with Crippen LogP contribution in [0.3, 0.4) is 0 Å². The zero-order valence-corrected chi connectivity index (χ0v) is 14.4. The van der Waals surface area contributed by atoms with Crippen LogP contribution in [-0.4, -0.2) is 36.5 Å². The number of aliphatic carboxylic acids is 1. The fourth-order valence-electron chi connectivity index (χ4n) is 1.68. The SMILES string of the molecule is COC(=O)c1sc(-c2cccs2)cc1NC(=O)CSCC(=O)[O-]. The van der Waals surface area contributed by atoms with Crippen molar-refractivity contribution in [3.05, 3.63) is 28.5 Å². The highest BCUT2D eigenvalue weighted by Gasteiger charge is 2.19. The number of methoxy groups -OCH3 is 1. The van der Waals surface area contributed by atoms with Crippen molar-refractivity contribution in [1.29, 1.82) is 0 Å². The molecule has 1 amide bonds. The minimum Gasteiger partial charge on any atom is -0.549 e. The normalized spacial score (nSPS) is 10.3. The summed E-state index contributed by atoms with van der Waals surface area (Å²) < 4.78 is 4.73. The first-order chi connectivity index (χ1) is 11.0. The van der Waals surface area contributed by atoms with Crippen LogP contribution in [0.15, 0.2) is 23.6 Å². The smallest absolute Gasteiger partial charge is 0.350 e. The Labute approximate surface area is 144 Å². The van der Waals surface area contributed by atoms with Gasteiger partial charge in [0.15, 0.2) is 0 Å². The van der Waals surface area contributed by atoms with Crippen LogP contribution < -0.4 is 10.4 Å². The van der Waals surface area contributed by atoms with Gasteiger partial charge in [-0.3, -0.25) is 4.79 Å². The van der Waals surface area contributed by atoms with Gasteiger partial charge in [0, 0.05) is 15.5 Å². The fraction of sp³-hybridized carbons (Fsp3) is 0.214. The topological polar surface area (TPSA) is 95.5 Å². The molecular weight excluding hydrogens is 358 g/mol. The van der Waals surface area contributed by atoms with Crippen LogP contribution in [-0.2, 0) is 14.3 Å². The third kappa shape index (κ3) is 4.81. The predicted molar refractivity (Wildman–Crippen MR) is 89.9 cm³/mol. The number of carbonyl (C=O) groups excluding carboxylic acids is 3. The van der Waals surface area contributed by atoms with Crippen LogP contribution >= 0.6 is 34.4 Å². The second kappa shape index (κ2) is 8.14. The molecule has 2 aromatic heterocycles. The molecule has 0 atom stereocenters. The van der Waals surface area contributed by atoms with E-state index in [2.05, 4.69) is 5.32 Å². The van der Waals surface area contributed by atoms with Gasteiger partial charge in [-0.1, -0.05) is 6.07 Å². The van der Waals surface area contributed by atoms with Crippen LogP contribution in [0.4, 0.5) is 5.69 Å². The summed E-state index contributed by atoms with van der Waals surface area (Å²) in [7, 11) is 1.27. The lowest BCUT2D eigenvalue weighted by atomic mass is 10.3. The fourth-order valence-corrected chi connectivity index (χ4v) is 4.07. The van der Waals surface area contributed by atoms with Gasteiger partial charge in [0.1, 0.15) is 4.88 Å². The number of nitrogens with one attached hydrogen (secondary N) is 1. The molecule has 6 nitrogen and oxygen atoms in total. The number of esters is 1. The first-order valence-electron chi connectivity index (χ1n) is 6.34. The number of amides is 1. The standard InChI is InChI=1S/C14H13NO5S3/c1-20-14(19)13-8(15-11(16)6-21-7-12(17)18)5-10(23-13)9-3-2-4-22-9/h2-5H,6-7H2,1H3,(H,15,16)(H,17,18)/p-1. The summed E-state index contributed by atoms with van der Waals surface area (Å²) in [6.07, 6.45) is 0. The van der Waals surface area contributed by atoms with Crippen LogP contribution in [0.2, 0.25) is 0 Å². The van der Waals surface area contributed by atoms with E-state index in [1.807, 2.05) is 17.5 Å². The molecule has 0 aliphatic heterocycles. The number of thiophene rings is 2. The Bertz CT molecular complexity index is 708. The molecule has 0 aromatic carbocycles. The number of hydrogen-bond acceptors (Lipinski definition) is 8. The lowest BCUT2D eigenvalue weighted by Crippen LogP contribution is -2.25. The van der Waals surface area contributed by atoms with Crippen LogP contribution in [0.1, 0.15) is 9.67 Å². The summed E-state index contributed by atoms with van der Waals surface area (Å²) in [6, 6.07) is 5.52. The van der Waals surface area contributed by atoms with Crippen LogP contribution in [0, 0.1) is 0 Å². The number of carbonyl (C=O) groups is 3. The number of carboxylic acid groups (broad SMARTS) is 1. The second-order valence-corrected chi connectivity index (χ2v) is 7.22. The Morgan fingerprint density at radius 2 is 2.09 bits per heavy atom. The van der Waals surface area contributed by atoms with E-state index in [1.165, 1.54) is 29.8 Å². The summed E-state index contributed by atoms with van der Waals surface area (Å²) >= 11 is 3.68. The zero-order valence-electron chi connectivity index (χ0n) is 12.0. The van der Waals surface area contributed by atoms with E-state index in [0.717, 1.165) is 21.5 Å². The number of thioether (sulfide) groups is 1. The third-order valence-electron chi connectivity index (χ3n) is 2.59. The molecule has 23 heavy (non-hydrogen) atoms. The Balaban J connectivity index is 2.14. The molecule has 0 saturated heterocycles. The highest BCUT2D eigenvalue weighted by molar-refractivity contribution is 8.00. The maximum Gasteiger partial charge on any atom is 0.350 e. The van der Waals surface area contributed by atoms with Gasteiger partial charge >= 0.3 is 5.97 Å². The Hall–Kier alpha value is -1.84. The quantitative estimate of drug-likeness (QED) is 0.745. The van der Waals surface area contributed by atoms with Crippen molar-refractivity contribution in [1.82, 2.24) is 0 Å². The highest BCUT2D eigenvalue weighted by Crippen LogP contribution is 2.37. The summed E-state index contributed by atoms with van der Waals surface area (Å²) in [5, 5.41) is 14.9. The van der Waals surface area contributed by atoms with Crippen molar-refractivity contribution in [2.45, 2.75) is 0 Å². The predicted octanol–water partition coefficient (Wildman–Crippen LogP) is 1.68. The minimum absolute atomic E-state index is 0.0429. The summed E-state index contributed by atoms with van der Waals surface area (Å²) in [5.74, 6) is -2.46. The number of carboxylic acids is 1. The van der Waals surface area contributed by atoms with Gasteiger partial charge in [-0.15, -0.1) is 34.4 Å².